The van der Waals surface area contributed by atoms with Gasteiger partial charge in [0.2, 0.25) is 0 Å². The number of para-hydroxylation sites is 2. The summed E-state index contributed by atoms with van der Waals surface area (Å²) in [7, 11) is 0. The zero-order valence-corrected chi connectivity index (χ0v) is 19.9. The third-order valence-electron chi connectivity index (χ3n) is 5.64. The SMILES string of the molecule is O=C(/C=C/c1ccccc1-c1cccc(C(=O)C(O)c2ccccc2)c1O)OOC(=O)c1ccccc1O. The summed E-state index contributed by atoms with van der Waals surface area (Å²) in [5.41, 5.74) is 1.44. The third-order valence-corrected chi connectivity index (χ3v) is 5.64. The van der Waals surface area contributed by atoms with Crippen molar-refractivity contribution in [3.63, 3.8) is 0 Å². The molecule has 0 saturated heterocycles. The molecule has 0 fully saturated rings. The molecule has 190 valence electrons. The van der Waals surface area contributed by atoms with Gasteiger partial charge in [-0.2, -0.15) is 0 Å². The van der Waals surface area contributed by atoms with Crippen molar-refractivity contribution in [1.29, 1.82) is 0 Å². The molecule has 8 nitrogen and oxygen atoms in total. The molecule has 4 rings (SSSR count). The van der Waals surface area contributed by atoms with Crippen molar-refractivity contribution in [2.45, 2.75) is 6.10 Å². The van der Waals surface area contributed by atoms with Crippen LogP contribution in [0.4, 0.5) is 0 Å². The Kier molecular flexibility index (Phi) is 7.95. The highest BCUT2D eigenvalue weighted by molar-refractivity contribution is 6.04. The number of phenolic OH excluding ortho intramolecular Hbond substituents is 2. The van der Waals surface area contributed by atoms with Crippen molar-refractivity contribution in [3.05, 3.63) is 125 Å². The predicted octanol–water partition coefficient (Wildman–Crippen LogP) is 5.01. The van der Waals surface area contributed by atoms with E-state index in [2.05, 4.69) is 9.78 Å². The quantitative estimate of drug-likeness (QED) is 0.137. The van der Waals surface area contributed by atoms with Gasteiger partial charge in [-0.15, -0.1) is 0 Å². The van der Waals surface area contributed by atoms with E-state index in [1.54, 1.807) is 66.7 Å². The van der Waals surface area contributed by atoms with E-state index in [9.17, 15) is 29.7 Å². The summed E-state index contributed by atoms with van der Waals surface area (Å²) < 4.78 is 0. The Hall–Kier alpha value is -5.21. The Morgan fingerprint density at radius 2 is 1.32 bits per heavy atom. The van der Waals surface area contributed by atoms with Gasteiger partial charge in [-0.1, -0.05) is 78.9 Å². The van der Waals surface area contributed by atoms with Crippen LogP contribution in [0.2, 0.25) is 0 Å². The lowest BCUT2D eigenvalue weighted by atomic mass is 9.93. The summed E-state index contributed by atoms with van der Waals surface area (Å²) in [4.78, 5) is 46.1. The van der Waals surface area contributed by atoms with Crippen LogP contribution in [-0.4, -0.2) is 33.0 Å². The van der Waals surface area contributed by atoms with Gasteiger partial charge in [0.05, 0.1) is 5.56 Å². The van der Waals surface area contributed by atoms with Crippen molar-refractivity contribution in [2.24, 2.45) is 0 Å². The summed E-state index contributed by atoms with van der Waals surface area (Å²) in [6.07, 6.45) is 0.947. The van der Waals surface area contributed by atoms with Gasteiger partial charge in [-0.05, 0) is 41.0 Å². The fourth-order valence-corrected chi connectivity index (χ4v) is 3.74. The van der Waals surface area contributed by atoms with Crippen LogP contribution in [0.3, 0.4) is 0 Å². The molecular formula is C30H22O8. The van der Waals surface area contributed by atoms with Crippen molar-refractivity contribution >= 4 is 23.8 Å². The first-order valence-corrected chi connectivity index (χ1v) is 11.4. The molecule has 0 aromatic heterocycles. The molecule has 0 saturated carbocycles. The molecule has 3 N–H and O–H groups in total. The molecule has 4 aromatic rings. The third kappa shape index (κ3) is 5.77. The maximum Gasteiger partial charge on any atom is 0.390 e. The Balaban J connectivity index is 1.53. The molecule has 0 radical (unpaired) electrons. The number of phenols is 2. The minimum Gasteiger partial charge on any atom is -0.507 e. The van der Waals surface area contributed by atoms with E-state index in [-0.39, 0.29) is 22.6 Å². The van der Waals surface area contributed by atoms with E-state index < -0.39 is 23.8 Å². The number of aromatic hydroxyl groups is 2. The largest absolute Gasteiger partial charge is 0.507 e. The van der Waals surface area contributed by atoms with Crippen molar-refractivity contribution in [2.75, 3.05) is 0 Å². The van der Waals surface area contributed by atoms with E-state index in [0.717, 1.165) is 6.08 Å². The lowest BCUT2D eigenvalue weighted by molar-refractivity contribution is -0.228. The molecule has 0 amide bonds. The van der Waals surface area contributed by atoms with E-state index in [1.807, 2.05) is 0 Å². The molecule has 4 aromatic carbocycles. The molecule has 0 aliphatic rings. The number of carbonyl (C=O) groups is 3. The molecule has 8 heteroatoms. The van der Waals surface area contributed by atoms with E-state index >= 15 is 0 Å². The van der Waals surface area contributed by atoms with Gasteiger partial charge in [0.25, 0.3) is 0 Å². The first-order chi connectivity index (χ1) is 18.4. The maximum atomic E-state index is 13.0. The van der Waals surface area contributed by atoms with Crippen LogP contribution in [0.25, 0.3) is 17.2 Å². The molecule has 0 aliphatic heterocycles. The Morgan fingerprint density at radius 1 is 0.684 bits per heavy atom. The Morgan fingerprint density at radius 3 is 2.08 bits per heavy atom. The van der Waals surface area contributed by atoms with Gasteiger partial charge in [0.15, 0.2) is 5.78 Å². The summed E-state index contributed by atoms with van der Waals surface area (Å²) in [5, 5.41) is 31.2. The zero-order chi connectivity index (χ0) is 27.1. The molecule has 0 heterocycles. The van der Waals surface area contributed by atoms with Gasteiger partial charge < -0.3 is 15.3 Å². The number of ketones is 1. The fraction of sp³-hybridized carbons (Fsp3) is 0.0333. The monoisotopic (exact) mass is 510 g/mol. The lowest BCUT2D eigenvalue weighted by Crippen LogP contribution is -2.12. The van der Waals surface area contributed by atoms with Crippen LogP contribution in [0.5, 0.6) is 11.5 Å². The molecular weight excluding hydrogens is 488 g/mol. The van der Waals surface area contributed by atoms with E-state index in [1.165, 1.54) is 36.4 Å². The number of carbonyl (C=O) groups excluding carboxylic acids is 3. The minimum atomic E-state index is -1.46. The lowest BCUT2D eigenvalue weighted by Gasteiger charge is -2.14. The van der Waals surface area contributed by atoms with Crippen molar-refractivity contribution in [1.82, 2.24) is 0 Å². The molecule has 38 heavy (non-hydrogen) atoms. The van der Waals surface area contributed by atoms with Crippen LogP contribution in [0.15, 0.2) is 103 Å². The fourth-order valence-electron chi connectivity index (χ4n) is 3.74. The van der Waals surface area contributed by atoms with Crippen LogP contribution in [0.1, 0.15) is 37.9 Å². The number of aliphatic hydroxyl groups is 1. The molecule has 0 spiro atoms. The minimum absolute atomic E-state index is 0.0619. The number of benzene rings is 4. The Bertz CT molecular complexity index is 1510. The topological polar surface area (TPSA) is 130 Å². The first kappa shape index (κ1) is 25.9. The van der Waals surface area contributed by atoms with Gasteiger partial charge in [0, 0.05) is 11.6 Å². The average molecular weight is 510 g/mol. The van der Waals surface area contributed by atoms with Gasteiger partial charge in [-0.25, -0.2) is 19.4 Å². The summed E-state index contributed by atoms with van der Waals surface area (Å²) >= 11 is 0. The van der Waals surface area contributed by atoms with Crippen LogP contribution in [0, 0.1) is 0 Å². The van der Waals surface area contributed by atoms with E-state index in [4.69, 9.17) is 0 Å². The van der Waals surface area contributed by atoms with Gasteiger partial charge >= 0.3 is 11.9 Å². The normalized spacial score (nSPS) is 11.6. The van der Waals surface area contributed by atoms with Gasteiger partial charge in [-0.3, -0.25) is 4.79 Å². The van der Waals surface area contributed by atoms with Crippen LogP contribution in [-0.2, 0) is 14.6 Å². The number of hydrogen-bond acceptors (Lipinski definition) is 8. The second kappa shape index (κ2) is 11.7. The highest BCUT2D eigenvalue weighted by Crippen LogP contribution is 2.36. The highest BCUT2D eigenvalue weighted by atomic mass is 17.2. The first-order valence-electron chi connectivity index (χ1n) is 11.4. The van der Waals surface area contributed by atoms with Crippen molar-refractivity contribution < 1.29 is 39.5 Å². The molecule has 1 atom stereocenters. The zero-order valence-electron chi connectivity index (χ0n) is 19.9. The number of aliphatic hydroxyl groups excluding tert-OH is 1. The van der Waals surface area contributed by atoms with Crippen LogP contribution < -0.4 is 0 Å². The molecule has 0 aliphatic carbocycles. The van der Waals surface area contributed by atoms with Crippen molar-refractivity contribution in [3.8, 4) is 22.6 Å². The smallest absolute Gasteiger partial charge is 0.390 e. The number of rotatable bonds is 7. The molecule has 0 bridgehead atoms. The number of Topliss-reactive ketones (excluding diaryl/α,β-unsaturated/α-hetero) is 1. The summed E-state index contributed by atoms with van der Waals surface area (Å²) in [6, 6.07) is 25.4. The predicted molar refractivity (Wildman–Crippen MR) is 138 cm³/mol. The average Bonchev–Trinajstić information content (AvgIpc) is 2.95. The van der Waals surface area contributed by atoms with E-state index in [0.29, 0.717) is 22.3 Å². The second-order valence-corrected chi connectivity index (χ2v) is 8.09. The second-order valence-electron chi connectivity index (χ2n) is 8.09. The summed E-state index contributed by atoms with van der Waals surface area (Å²) in [5.74, 6) is -3.36. The maximum absolute atomic E-state index is 13.0. The Labute approximate surface area is 217 Å². The molecule has 1 unspecified atom stereocenters. The highest BCUT2D eigenvalue weighted by Gasteiger charge is 2.24. The number of hydrogen-bond donors (Lipinski definition) is 3. The van der Waals surface area contributed by atoms with Gasteiger partial charge in [0.1, 0.15) is 23.2 Å². The summed E-state index contributed by atoms with van der Waals surface area (Å²) in [6.45, 7) is 0. The van der Waals surface area contributed by atoms with Crippen LogP contribution >= 0.6 is 0 Å². The standard InChI is InChI=1S/C30H22O8/c31-25-16-7-6-13-23(25)30(36)38-37-26(32)18-17-19-9-4-5-12-21(19)22-14-8-15-24(28(22)34)29(35)27(33)20-10-2-1-3-11-20/h1-18,27,31,33-34H/b18-17+.